The van der Waals surface area contributed by atoms with Crippen LogP contribution in [0, 0.1) is 5.41 Å². The van der Waals surface area contributed by atoms with Gasteiger partial charge in [0, 0.05) is 16.8 Å². The number of hydrogen-bond donors (Lipinski definition) is 3. The van der Waals surface area contributed by atoms with Crippen LogP contribution in [0.4, 0.5) is 16.2 Å². The molecule has 9 nitrogen and oxygen atoms in total. The van der Waals surface area contributed by atoms with Crippen LogP contribution in [0.25, 0.3) is 10.9 Å². The molecule has 3 N–H and O–H groups in total. The Kier molecular flexibility index (Phi) is 6.88. The fourth-order valence-electron chi connectivity index (χ4n) is 3.51. The number of ether oxygens (including phenoxy) is 1. The van der Waals surface area contributed by atoms with E-state index in [1.807, 2.05) is 30.3 Å². The molecule has 0 spiro atoms. The summed E-state index contributed by atoms with van der Waals surface area (Å²) in [6.45, 7) is 6.31. The van der Waals surface area contributed by atoms with E-state index in [-0.39, 0.29) is 11.1 Å². The maximum atomic E-state index is 12.6. The molecule has 0 unspecified atom stereocenters. The molecule has 9 heteroatoms. The smallest absolute Gasteiger partial charge is 0.338 e. The number of amides is 2. The molecule has 37 heavy (non-hydrogen) atoms. The first kappa shape index (κ1) is 25.3. The first-order valence-electron chi connectivity index (χ1n) is 11.5. The van der Waals surface area contributed by atoms with Gasteiger partial charge in [-0.2, -0.15) is 0 Å². The molecule has 0 saturated carbocycles. The van der Waals surface area contributed by atoms with E-state index >= 15 is 0 Å². The second-order valence-electron chi connectivity index (χ2n) is 9.43. The standard InChI is InChI=1S/C28H27N3O6/c1-17(32)24-22-15-12-19(16-23(22)31(25(24)33)37-26(34)28(2,3)4)30-27(35)29-18-10-13-21(14-11-18)36-20-8-6-5-7-9-20/h5-16,33H,1-4H3,(H2,29,30,35). The summed E-state index contributed by atoms with van der Waals surface area (Å²) in [6, 6.07) is 20.4. The van der Waals surface area contributed by atoms with Gasteiger partial charge >= 0.3 is 12.0 Å². The Hall–Kier alpha value is -4.79. The Labute approximate surface area is 213 Å². The number of carbonyl (C=O) groups excluding carboxylic acids is 3. The summed E-state index contributed by atoms with van der Waals surface area (Å²) >= 11 is 0. The van der Waals surface area contributed by atoms with Crippen molar-refractivity contribution in [2.24, 2.45) is 5.41 Å². The summed E-state index contributed by atoms with van der Waals surface area (Å²) < 4.78 is 6.66. The van der Waals surface area contributed by atoms with Gasteiger partial charge in [0.1, 0.15) is 11.5 Å². The van der Waals surface area contributed by atoms with Gasteiger partial charge in [0.25, 0.3) is 0 Å². The van der Waals surface area contributed by atoms with E-state index in [2.05, 4.69) is 10.6 Å². The van der Waals surface area contributed by atoms with Crippen molar-refractivity contribution in [2.45, 2.75) is 27.7 Å². The maximum Gasteiger partial charge on any atom is 0.338 e. The lowest BCUT2D eigenvalue weighted by Gasteiger charge is -2.17. The fourth-order valence-corrected chi connectivity index (χ4v) is 3.51. The highest BCUT2D eigenvalue weighted by Crippen LogP contribution is 2.33. The minimum Gasteiger partial charge on any atom is -0.492 e. The molecule has 3 aromatic carbocycles. The number of nitrogens with one attached hydrogen (secondary N) is 2. The summed E-state index contributed by atoms with van der Waals surface area (Å²) in [5.41, 5.74) is 0.315. The summed E-state index contributed by atoms with van der Waals surface area (Å²) in [4.78, 5) is 42.7. The molecule has 0 saturated heterocycles. The van der Waals surface area contributed by atoms with Gasteiger partial charge in [-0.05, 0) is 82.3 Å². The van der Waals surface area contributed by atoms with E-state index < -0.39 is 29.1 Å². The molecule has 1 aromatic heterocycles. The van der Waals surface area contributed by atoms with Crippen molar-refractivity contribution in [3.05, 3.63) is 78.4 Å². The van der Waals surface area contributed by atoms with E-state index in [0.29, 0.717) is 28.3 Å². The van der Waals surface area contributed by atoms with Gasteiger partial charge in [-0.25, -0.2) is 9.59 Å². The Morgan fingerprint density at radius 3 is 2.05 bits per heavy atom. The van der Waals surface area contributed by atoms with Crippen LogP contribution in [0.2, 0.25) is 0 Å². The zero-order valence-corrected chi connectivity index (χ0v) is 20.9. The molecular weight excluding hydrogens is 474 g/mol. The topological polar surface area (TPSA) is 119 Å². The van der Waals surface area contributed by atoms with Crippen molar-refractivity contribution < 1.29 is 29.1 Å². The van der Waals surface area contributed by atoms with Crippen molar-refractivity contribution in [1.82, 2.24) is 4.73 Å². The van der Waals surface area contributed by atoms with Crippen LogP contribution in [-0.4, -0.2) is 27.6 Å². The SMILES string of the molecule is CC(=O)c1c(O)n(OC(=O)C(C)(C)C)c2cc(NC(=O)Nc3ccc(Oc4ccccc4)cc3)ccc12. The molecule has 0 aliphatic rings. The second-order valence-corrected chi connectivity index (χ2v) is 9.43. The molecule has 0 radical (unpaired) electrons. The number of hydrogen-bond acceptors (Lipinski definition) is 6. The number of aromatic hydroxyl groups is 1. The zero-order chi connectivity index (χ0) is 26.7. The minimum absolute atomic E-state index is 0.0190. The Morgan fingerprint density at radius 2 is 1.43 bits per heavy atom. The number of ketones is 1. The van der Waals surface area contributed by atoms with Crippen molar-refractivity contribution in [1.29, 1.82) is 0 Å². The second kappa shape index (κ2) is 10.1. The van der Waals surface area contributed by atoms with E-state index in [9.17, 15) is 19.5 Å². The van der Waals surface area contributed by atoms with Crippen LogP contribution in [-0.2, 0) is 4.79 Å². The maximum absolute atomic E-state index is 12.6. The van der Waals surface area contributed by atoms with Gasteiger partial charge in [-0.15, -0.1) is 4.73 Å². The third kappa shape index (κ3) is 5.72. The van der Waals surface area contributed by atoms with E-state index in [0.717, 1.165) is 4.73 Å². The van der Waals surface area contributed by atoms with Crippen LogP contribution in [0.5, 0.6) is 17.4 Å². The van der Waals surface area contributed by atoms with Gasteiger partial charge in [0.05, 0.1) is 16.5 Å². The highest BCUT2D eigenvalue weighted by atomic mass is 16.7. The number of fused-ring (bicyclic) bond motifs is 1. The number of rotatable bonds is 6. The number of carbonyl (C=O) groups is 3. The van der Waals surface area contributed by atoms with Crippen molar-refractivity contribution in [2.75, 3.05) is 10.6 Å². The zero-order valence-electron chi connectivity index (χ0n) is 20.9. The van der Waals surface area contributed by atoms with Crippen LogP contribution >= 0.6 is 0 Å². The van der Waals surface area contributed by atoms with E-state index in [1.54, 1.807) is 57.2 Å². The number of para-hydroxylation sites is 1. The largest absolute Gasteiger partial charge is 0.492 e. The lowest BCUT2D eigenvalue weighted by Crippen LogP contribution is -2.31. The van der Waals surface area contributed by atoms with Crippen LogP contribution in [0.3, 0.4) is 0 Å². The molecule has 4 rings (SSSR count). The predicted octanol–water partition coefficient (Wildman–Crippen LogP) is 5.99. The van der Waals surface area contributed by atoms with Crippen LogP contribution < -0.4 is 20.2 Å². The third-order valence-electron chi connectivity index (χ3n) is 5.39. The van der Waals surface area contributed by atoms with Gasteiger partial charge in [-0.1, -0.05) is 18.2 Å². The number of nitrogens with zero attached hydrogens (tertiary/aromatic N) is 1. The molecule has 0 fully saturated rings. The molecule has 0 aliphatic carbocycles. The van der Waals surface area contributed by atoms with E-state index in [1.165, 1.54) is 13.0 Å². The summed E-state index contributed by atoms with van der Waals surface area (Å²) in [5.74, 6) is -0.168. The normalized spacial score (nSPS) is 11.1. The number of benzene rings is 3. The molecule has 190 valence electrons. The molecule has 1 heterocycles. The number of aromatic nitrogens is 1. The molecule has 0 aliphatic heterocycles. The summed E-state index contributed by atoms with van der Waals surface area (Å²) in [6.07, 6.45) is 0. The van der Waals surface area contributed by atoms with Gasteiger partial charge < -0.3 is 25.3 Å². The van der Waals surface area contributed by atoms with Crippen LogP contribution in [0.15, 0.2) is 72.8 Å². The van der Waals surface area contributed by atoms with Gasteiger partial charge in [0.2, 0.25) is 5.88 Å². The van der Waals surface area contributed by atoms with E-state index in [4.69, 9.17) is 9.57 Å². The molecular formula is C28H27N3O6. The third-order valence-corrected chi connectivity index (χ3v) is 5.39. The Balaban J connectivity index is 1.52. The van der Waals surface area contributed by atoms with Crippen molar-refractivity contribution >= 4 is 40.1 Å². The fraction of sp³-hybridized carbons (Fsp3) is 0.179. The minimum atomic E-state index is -0.850. The Bertz CT molecular complexity index is 1470. The quantitative estimate of drug-likeness (QED) is 0.279. The average Bonchev–Trinajstić information content (AvgIpc) is 3.11. The molecule has 4 aromatic rings. The number of Topliss-reactive ketones (excluding diaryl/α,β-unsaturated/α-hetero) is 1. The molecule has 2 amide bonds. The summed E-state index contributed by atoms with van der Waals surface area (Å²) in [7, 11) is 0. The van der Waals surface area contributed by atoms with Crippen LogP contribution in [0.1, 0.15) is 38.1 Å². The lowest BCUT2D eigenvalue weighted by atomic mass is 9.98. The number of anilines is 2. The lowest BCUT2D eigenvalue weighted by molar-refractivity contribution is -0.153. The highest BCUT2D eigenvalue weighted by Gasteiger charge is 2.28. The average molecular weight is 502 g/mol. The molecule has 0 bridgehead atoms. The monoisotopic (exact) mass is 501 g/mol. The number of urea groups is 1. The highest BCUT2D eigenvalue weighted by molar-refractivity contribution is 6.10. The van der Waals surface area contributed by atoms with Gasteiger partial charge in [-0.3, -0.25) is 4.79 Å². The Morgan fingerprint density at radius 1 is 0.838 bits per heavy atom. The first-order valence-corrected chi connectivity index (χ1v) is 11.5. The van der Waals surface area contributed by atoms with Crippen molar-refractivity contribution in [3.8, 4) is 17.4 Å². The predicted molar refractivity (Wildman–Crippen MR) is 140 cm³/mol. The summed E-state index contributed by atoms with van der Waals surface area (Å²) in [5, 5.41) is 16.5. The molecule has 0 atom stereocenters. The van der Waals surface area contributed by atoms with Crippen molar-refractivity contribution in [3.63, 3.8) is 0 Å². The van der Waals surface area contributed by atoms with Gasteiger partial charge in [0.15, 0.2) is 5.78 Å². The first-order chi connectivity index (χ1) is 17.5.